The van der Waals surface area contributed by atoms with Gasteiger partial charge in [-0.2, -0.15) is 0 Å². The molecule has 0 aliphatic rings. The molecule has 1 heterocycles. The Balaban J connectivity index is 1.98. The average molecular weight is 263 g/mol. The van der Waals surface area contributed by atoms with Gasteiger partial charge in [-0.25, -0.2) is 0 Å². The van der Waals surface area contributed by atoms with E-state index >= 15 is 0 Å². The topological polar surface area (TPSA) is 47.0 Å². The molecule has 0 bridgehead atoms. The lowest BCUT2D eigenvalue weighted by molar-refractivity contribution is 0.472. The third kappa shape index (κ3) is 3.78. The van der Waals surface area contributed by atoms with E-state index < -0.39 is 0 Å². The molecule has 0 aliphatic heterocycles. The van der Waals surface area contributed by atoms with Crippen molar-refractivity contribution in [1.29, 1.82) is 0 Å². The largest absolute Gasteiger partial charge is 0.430 e. The van der Waals surface area contributed by atoms with Crippen molar-refractivity contribution in [2.45, 2.75) is 33.4 Å². The predicted octanol–water partition coefficient (Wildman–Crippen LogP) is 3.14. The van der Waals surface area contributed by atoms with E-state index in [2.05, 4.69) is 29.4 Å². The number of ether oxygens (including phenoxy) is 1. The van der Waals surface area contributed by atoms with Crippen LogP contribution in [0.3, 0.4) is 0 Å². The van der Waals surface area contributed by atoms with E-state index in [1.165, 1.54) is 16.9 Å². The van der Waals surface area contributed by atoms with Gasteiger partial charge in [0.05, 0.1) is 6.54 Å². The Morgan fingerprint density at radius 3 is 2.89 bits per heavy atom. The van der Waals surface area contributed by atoms with E-state index in [1.807, 2.05) is 31.2 Å². The number of hydrogen-bond acceptors (Lipinski definition) is 5. The summed E-state index contributed by atoms with van der Waals surface area (Å²) in [6, 6.07) is 8.33. The van der Waals surface area contributed by atoms with Crippen LogP contribution in [0.1, 0.15) is 24.4 Å². The van der Waals surface area contributed by atoms with E-state index in [9.17, 15) is 0 Å². The van der Waals surface area contributed by atoms with E-state index in [-0.39, 0.29) is 0 Å². The highest BCUT2D eigenvalue weighted by molar-refractivity contribution is 7.13. The lowest BCUT2D eigenvalue weighted by atomic mass is 10.2. The number of aryl methyl sites for hydroxylation is 1. The van der Waals surface area contributed by atoms with Gasteiger partial charge < -0.3 is 10.1 Å². The number of rotatable bonds is 5. The molecule has 1 aromatic carbocycles. The molecule has 0 atom stereocenters. The van der Waals surface area contributed by atoms with Gasteiger partial charge in [0.25, 0.3) is 5.19 Å². The molecule has 0 saturated carbocycles. The van der Waals surface area contributed by atoms with Crippen LogP contribution in [0.15, 0.2) is 24.3 Å². The first kappa shape index (κ1) is 13.0. The molecule has 1 aromatic heterocycles. The van der Waals surface area contributed by atoms with Crippen molar-refractivity contribution in [2.75, 3.05) is 0 Å². The van der Waals surface area contributed by atoms with Gasteiger partial charge in [0, 0.05) is 6.04 Å². The zero-order valence-corrected chi connectivity index (χ0v) is 11.6. The van der Waals surface area contributed by atoms with Crippen LogP contribution < -0.4 is 10.1 Å². The van der Waals surface area contributed by atoms with Gasteiger partial charge in [-0.1, -0.05) is 42.4 Å². The molecule has 1 N–H and O–H groups in total. The Labute approximate surface area is 111 Å². The van der Waals surface area contributed by atoms with E-state index in [1.54, 1.807) is 0 Å². The number of benzene rings is 1. The number of hydrogen-bond donors (Lipinski definition) is 1. The first-order valence-electron chi connectivity index (χ1n) is 5.94. The van der Waals surface area contributed by atoms with Crippen LogP contribution >= 0.6 is 11.3 Å². The third-order valence-corrected chi connectivity index (χ3v) is 3.11. The average Bonchev–Trinajstić information content (AvgIpc) is 2.74. The maximum Gasteiger partial charge on any atom is 0.299 e. The van der Waals surface area contributed by atoms with Crippen LogP contribution in [-0.4, -0.2) is 16.2 Å². The molecule has 0 amide bonds. The summed E-state index contributed by atoms with van der Waals surface area (Å²) in [6.07, 6.45) is 0. The summed E-state index contributed by atoms with van der Waals surface area (Å²) in [6.45, 7) is 6.97. The lowest BCUT2D eigenvalue weighted by Gasteiger charge is -2.03. The van der Waals surface area contributed by atoms with Crippen LogP contribution in [0, 0.1) is 6.92 Å². The van der Waals surface area contributed by atoms with Crippen LogP contribution in [0.5, 0.6) is 10.9 Å². The Kier molecular flexibility index (Phi) is 4.28. The van der Waals surface area contributed by atoms with Crippen molar-refractivity contribution in [3.63, 3.8) is 0 Å². The summed E-state index contributed by atoms with van der Waals surface area (Å²) >= 11 is 1.47. The second-order valence-corrected chi connectivity index (χ2v) is 5.44. The molecular weight excluding hydrogens is 246 g/mol. The number of aromatic nitrogens is 2. The fourth-order valence-corrected chi connectivity index (χ4v) is 2.08. The number of nitrogens with zero attached hydrogens (tertiary/aromatic N) is 2. The van der Waals surface area contributed by atoms with Gasteiger partial charge in [-0.3, -0.25) is 0 Å². The van der Waals surface area contributed by atoms with Gasteiger partial charge in [0.2, 0.25) is 0 Å². The molecule has 4 nitrogen and oxygen atoms in total. The summed E-state index contributed by atoms with van der Waals surface area (Å²) in [5, 5.41) is 12.9. The van der Waals surface area contributed by atoms with Crippen molar-refractivity contribution in [2.24, 2.45) is 0 Å². The number of nitrogens with one attached hydrogen (secondary N) is 1. The maximum atomic E-state index is 5.66. The first-order chi connectivity index (χ1) is 8.63. The van der Waals surface area contributed by atoms with E-state index in [0.717, 1.165) is 17.3 Å². The Bertz CT molecular complexity index is 510. The summed E-state index contributed by atoms with van der Waals surface area (Å²) in [5.41, 5.74) is 1.17. The molecule has 0 radical (unpaired) electrons. The van der Waals surface area contributed by atoms with E-state index in [0.29, 0.717) is 11.2 Å². The zero-order valence-electron chi connectivity index (χ0n) is 10.8. The highest BCUT2D eigenvalue weighted by Gasteiger charge is 2.06. The minimum absolute atomic E-state index is 0.440. The molecule has 2 aromatic rings. The highest BCUT2D eigenvalue weighted by Crippen LogP contribution is 2.25. The molecule has 18 heavy (non-hydrogen) atoms. The van der Waals surface area contributed by atoms with Crippen LogP contribution in [0.2, 0.25) is 0 Å². The third-order valence-electron chi connectivity index (χ3n) is 2.30. The van der Waals surface area contributed by atoms with Crippen LogP contribution in [0.4, 0.5) is 0 Å². The summed E-state index contributed by atoms with van der Waals surface area (Å²) in [7, 11) is 0. The predicted molar refractivity (Wildman–Crippen MR) is 73.1 cm³/mol. The van der Waals surface area contributed by atoms with Crippen molar-refractivity contribution in [1.82, 2.24) is 15.5 Å². The minimum Gasteiger partial charge on any atom is -0.430 e. The molecule has 0 spiro atoms. The van der Waals surface area contributed by atoms with Gasteiger partial charge in [0.1, 0.15) is 10.8 Å². The fraction of sp³-hybridized carbons (Fsp3) is 0.385. The smallest absolute Gasteiger partial charge is 0.299 e. The normalized spacial score (nSPS) is 10.9. The second kappa shape index (κ2) is 5.93. The maximum absolute atomic E-state index is 5.66. The van der Waals surface area contributed by atoms with Gasteiger partial charge in [-0.15, -0.1) is 5.10 Å². The first-order valence-corrected chi connectivity index (χ1v) is 6.75. The standard InChI is InChI=1S/C13H17N3OS/c1-9(2)14-8-12-15-16-13(18-12)17-11-6-4-5-10(3)7-11/h4-7,9,14H,8H2,1-3H3. The quantitative estimate of drug-likeness (QED) is 0.900. The molecule has 0 saturated heterocycles. The van der Waals surface area contributed by atoms with Gasteiger partial charge in [-0.05, 0) is 24.6 Å². The molecule has 2 rings (SSSR count). The molecule has 5 heteroatoms. The van der Waals surface area contributed by atoms with E-state index in [4.69, 9.17) is 4.74 Å². The molecular formula is C13H17N3OS. The van der Waals surface area contributed by atoms with Crippen molar-refractivity contribution in [3.8, 4) is 10.9 Å². The Morgan fingerprint density at radius 1 is 1.33 bits per heavy atom. The van der Waals surface area contributed by atoms with Crippen molar-refractivity contribution in [3.05, 3.63) is 34.8 Å². The van der Waals surface area contributed by atoms with Gasteiger partial charge in [0.15, 0.2) is 0 Å². The molecule has 0 fully saturated rings. The monoisotopic (exact) mass is 263 g/mol. The van der Waals surface area contributed by atoms with Crippen molar-refractivity contribution >= 4 is 11.3 Å². The molecule has 0 aliphatic carbocycles. The fourth-order valence-electron chi connectivity index (χ4n) is 1.42. The second-order valence-electron chi connectivity index (χ2n) is 4.42. The lowest BCUT2D eigenvalue weighted by Crippen LogP contribution is -2.21. The minimum atomic E-state index is 0.440. The zero-order chi connectivity index (χ0) is 13.0. The molecule has 96 valence electrons. The Morgan fingerprint density at radius 2 is 2.17 bits per heavy atom. The Hall–Kier alpha value is -1.46. The van der Waals surface area contributed by atoms with Crippen molar-refractivity contribution < 1.29 is 4.74 Å². The summed E-state index contributed by atoms with van der Waals surface area (Å²) in [5.74, 6) is 0.800. The summed E-state index contributed by atoms with van der Waals surface area (Å²) in [4.78, 5) is 0. The van der Waals surface area contributed by atoms with Crippen LogP contribution in [0.25, 0.3) is 0 Å². The van der Waals surface area contributed by atoms with Gasteiger partial charge >= 0.3 is 0 Å². The highest BCUT2D eigenvalue weighted by atomic mass is 32.1. The van der Waals surface area contributed by atoms with Crippen LogP contribution in [-0.2, 0) is 6.54 Å². The molecule has 0 unspecified atom stereocenters. The summed E-state index contributed by atoms with van der Waals surface area (Å²) < 4.78 is 5.66. The SMILES string of the molecule is Cc1cccc(Oc2nnc(CNC(C)C)s2)c1.